The molecular weight excluding hydrogens is 633 g/mol. The molecule has 2 heterocycles. The Kier molecular flexibility index (Phi) is 7.21. The van der Waals surface area contributed by atoms with Crippen LogP contribution in [0, 0.1) is 0 Å². The second kappa shape index (κ2) is 12.5. The summed E-state index contributed by atoms with van der Waals surface area (Å²) in [6, 6.07) is 60.6. The molecule has 1 unspecified atom stereocenters. The first-order valence-corrected chi connectivity index (χ1v) is 17.8. The van der Waals surface area contributed by atoms with Gasteiger partial charge < -0.3 is 14.6 Å². The number of hydrogen-bond donors (Lipinski definition) is 1. The highest BCUT2D eigenvalue weighted by Crippen LogP contribution is 2.48. The summed E-state index contributed by atoms with van der Waals surface area (Å²) in [6.45, 7) is 0. The molecular formula is C49H34N2O. The van der Waals surface area contributed by atoms with Gasteiger partial charge in [-0.3, -0.25) is 0 Å². The van der Waals surface area contributed by atoms with Gasteiger partial charge in [-0.15, -0.1) is 0 Å². The third-order valence-electron chi connectivity index (χ3n) is 10.3. The molecule has 0 saturated carbocycles. The first kappa shape index (κ1) is 30.0. The van der Waals surface area contributed by atoms with Gasteiger partial charge in [0.25, 0.3) is 0 Å². The van der Waals surface area contributed by atoms with Crippen LogP contribution in [-0.2, 0) is 0 Å². The number of nitrogens with zero attached hydrogens (tertiary/aromatic N) is 1. The van der Waals surface area contributed by atoms with E-state index >= 15 is 0 Å². The molecule has 1 aromatic heterocycles. The molecule has 10 rings (SSSR count). The summed E-state index contributed by atoms with van der Waals surface area (Å²) < 4.78 is 6.76. The topological polar surface area (TPSA) is 28.4 Å². The maximum atomic E-state index is 6.76. The number of allylic oxidation sites excluding steroid dienone is 2. The molecule has 0 bridgehead atoms. The lowest BCUT2D eigenvalue weighted by molar-refractivity contribution is 0.595. The highest BCUT2D eigenvalue weighted by Gasteiger charge is 2.34. The third-order valence-corrected chi connectivity index (χ3v) is 10.3. The van der Waals surface area contributed by atoms with Gasteiger partial charge in [-0.2, -0.15) is 0 Å². The second-order valence-corrected chi connectivity index (χ2v) is 13.3. The molecule has 7 aromatic carbocycles. The number of hydrogen-bond acceptors (Lipinski definition) is 3. The van der Waals surface area contributed by atoms with Crippen molar-refractivity contribution < 1.29 is 4.42 Å². The van der Waals surface area contributed by atoms with Crippen molar-refractivity contribution in [1.82, 2.24) is 0 Å². The molecule has 246 valence electrons. The van der Waals surface area contributed by atoms with E-state index in [9.17, 15) is 0 Å². The zero-order valence-corrected chi connectivity index (χ0v) is 28.4. The Bertz CT molecular complexity index is 2680. The van der Waals surface area contributed by atoms with Crippen LogP contribution in [0.3, 0.4) is 0 Å². The fraction of sp³-hybridized carbons (Fsp3) is 0.0204. The Morgan fingerprint density at radius 1 is 0.500 bits per heavy atom. The summed E-state index contributed by atoms with van der Waals surface area (Å²) in [4.78, 5) is 2.37. The third kappa shape index (κ3) is 5.06. The standard InChI is InChI=1S/C49H34N2O/c1-3-13-33(14-4-1)34-23-28-38(29-24-34)51(48-42-19-9-11-21-44(42)50-47-43-20-10-12-22-45(43)52-49(47)48)39-30-25-37(26-31-39)46-40-18-8-7-17-36(40)27-32-41(46)35-15-5-2-6-16-35/h1-32,44,50H. The molecule has 0 saturated heterocycles. The van der Waals surface area contributed by atoms with E-state index in [2.05, 4.69) is 198 Å². The van der Waals surface area contributed by atoms with Gasteiger partial charge >= 0.3 is 0 Å². The number of rotatable bonds is 6. The Labute approximate surface area is 303 Å². The van der Waals surface area contributed by atoms with Gasteiger partial charge in [0, 0.05) is 22.3 Å². The van der Waals surface area contributed by atoms with E-state index in [0.717, 1.165) is 45.1 Å². The second-order valence-electron chi connectivity index (χ2n) is 13.3. The van der Waals surface area contributed by atoms with E-state index in [1.165, 1.54) is 44.2 Å². The van der Waals surface area contributed by atoms with Crippen molar-refractivity contribution in [2.24, 2.45) is 0 Å². The number of nitrogens with one attached hydrogen (secondary N) is 1. The Morgan fingerprint density at radius 3 is 1.87 bits per heavy atom. The van der Waals surface area contributed by atoms with Crippen molar-refractivity contribution in [3.05, 3.63) is 205 Å². The zero-order valence-electron chi connectivity index (χ0n) is 28.4. The van der Waals surface area contributed by atoms with Crippen molar-refractivity contribution in [3.8, 4) is 33.4 Å². The molecule has 1 aliphatic heterocycles. The number of para-hydroxylation sites is 1. The zero-order chi connectivity index (χ0) is 34.4. The van der Waals surface area contributed by atoms with Gasteiger partial charge in [0.2, 0.25) is 0 Å². The summed E-state index contributed by atoms with van der Waals surface area (Å²) in [5, 5.41) is 7.34. The van der Waals surface area contributed by atoms with Crippen molar-refractivity contribution >= 4 is 44.5 Å². The first-order chi connectivity index (χ1) is 25.8. The van der Waals surface area contributed by atoms with Crippen LogP contribution >= 0.6 is 0 Å². The van der Waals surface area contributed by atoms with Gasteiger partial charge in [-0.1, -0.05) is 158 Å². The normalized spacial score (nSPS) is 14.7. The molecule has 0 radical (unpaired) electrons. The quantitative estimate of drug-likeness (QED) is 0.191. The van der Waals surface area contributed by atoms with Gasteiger partial charge in [0.1, 0.15) is 5.58 Å². The Hall–Kier alpha value is -6.84. The molecule has 0 spiro atoms. The van der Waals surface area contributed by atoms with Crippen LogP contribution in [0.5, 0.6) is 0 Å². The summed E-state index contributed by atoms with van der Waals surface area (Å²) >= 11 is 0. The predicted molar refractivity (Wildman–Crippen MR) is 218 cm³/mol. The number of furan rings is 1. The molecule has 0 amide bonds. The molecule has 3 heteroatoms. The summed E-state index contributed by atoms with van der Waals surface area (Å²) in [5.74, 6) is 0.837. The molecule has 2 aliphatic rings. The minimum absolute atomic E-state index is 0.00276. The SMILES string of the molecule is C1=CC2=C(N(c3ccc(-c4ccccc4)cc3)c3ccc(-c4c(-c5ccccc5)ccc5ccccc45)cc3)c3oc4ccccc4c3NC2C=C1. The molecule has 1 N–H and O–H groups in total. The average molecular weight is 667 g/mol. The van der Waals surface area contributed by atoms with Gasteiger partial charge in [-0.25, -0.2) is 0 Å². The Morgan fingerprint density at radius 2 is 1.12 bits per heavy atom. The minimum atomic E-state index is 0.00276. The van der Waals surface area contributed by atoms with E-state index in [1.54, 1.807) is 0 Å². The molecule has 52 heavy (non-hydrogen) atoms. The van der Waals surface area contributed by atoms with Crippen molar-refractivity contribution in [3.63, 3.8) is 0 Å². The predicted octanol–water partition coefficient (Wildman–Crippen LogP) is 13.1. The lowest BCUT2D eigenvalue weighted by Gasteiger charge is -2.35. The van der Waals surface area contributed by atoms with E-state index in [1.807, 2.05) is 6.07 Å². The first-order valence-electron chi connectivity index (χ1n) is 17.8. The van der Waals surface area contributed by atoms with Crippen molar-refractivity contribution in [2.75, 3.05) is 10.2 Å². The fourth-order valence-electron chi connectivity index (χ4n) is 7.83. The van der Waals surface area contributed by atoms with Gasteiger partial charge in [-0.05, 0) is 80.6 Å². The fourth-order valence-corrected chi connectivity index (χ4v) is 7.83. The molecule has 3 nitrogen and oxygen atoms in total. The van der Waals surface area contributed by atoms with E-state index in [-0.39, 0.29) is 6.04 Å². The van der Waals surface area contributed by atoms with Gasteiger partial charge in [0.05, 0.1) is 17.4 Å². The van der Waals surface area contributed by atoms with E-state index in [0.29, 0.717) is 0 Å². The molecule has 8 aromatic rings. The van der Waals surface area contributed by atoms with Crippen LogP contribution in [0.1, 0.15) is 5.76 Å². The highest BCUT2D eigenvalue weighted by atomic mass is 16.3. The van der Waals surface area contributed by atoms with Crippen LogP contribution in [0.15, 0.2) is 204 Å². The lowest BCUT2D eigenvalue weighted by Crippen LogP contribution is -2.30. The lowest BCUT2D eigenvalue weighted by atomic mass is 9.89. The maximum absolute atomic E-state index is 6.76. The summed E-state index contributed by atoms with van der Waals surface area (Å²) in [5.41, 5.74) is 13.4. The summed E-state index contributed by atoms with van der Waals surface area (Å²) in [6.07, 6.45) is 8.68. The van der Waals surface area contributed by atoms with Crippen molar-refractivity contribution in [2.45, 2.75) is 6.04 Å². The van der Waals surface area contributed by atoms with Crippen molar-refractivity contribution in [1.29, 1.82) is 0 Å². The largest absolute Gasteiger partial charge is 0.452 e. The van der Waals surface area contributed by atoms with Crippen LogP contribution in [0.25, 0.3) is 60.8 Å². The maximum Gasteiger partial charge on any atom is 0.175 e. The summed E-state index contributed by atoms with van der Waals surface area (Å²) in [7, 11) is 0. The Balaban J connectivity index is 1.17. The van der Waals surface area contributed by atoms with Gasteiger partial charge in [0.15, 0.2) is 5.76 Å². The van der Waals surface area contributed by atoms with Crippen LogP contribution in [-0.4, -0.2) is 6.04 Å². The van der Waals surface area contributed by atoms with E-state index < -0.39 is 0 Å². The molecule has 1 aliphatic carbocycles. The monoisotopic (exact) mass is 666 g/mol. The minimum Gasteiger partial charge on any atom is -0.452 e. The van der Waals surface area contributed by atoms with Crippen LogP contribution in [0.2, 0.25) is 0 Å². The number of benzene rings is 7. The number of anilines is 3. The molecule has 0 fully saturated rings. The smallest absolute Gasteiger partial charge is 0.175 e. The van der Waals surface area contributed by atoms with Crippen LogP contribution < -0.4 is 10.2 Å². The number of fused-ring (bicyclic) bond motifs is 5. The average Bonchev–Trinajstić information content (AvgIpc) is 3.59. The molecule has 1 atom stereocenters. The highest BCUT2D eigenvalue weighted by molar-refractivity contribution is 6.06. The van der Waals surface area contributed by atoms with E-state index in [4.69, 9.17) is 4.42 Å². The van der Waals surface area contributed by atoms with Crippen LogP contribution in [0.4, 0.5) is 17.1 Å².